The monoisotopic (exact) mass is 301 g/mol. The maximum atomic E-state index is 5.92. The smallest absolute Gasteiger partial charge is 0.0971 e. The predicted molar refractivity (Wildman–Crippen MR) is 69.0 cm³/mol. The fourth-order valence-electron chi connectivity index (χ4n) is 1.31. The number of aromatic nitrogens is 1. The molecule has 0 aliphatic heterocycles. The molecule has 1 aromatic heterocycles. The standard InChI is InChI=1S/C11H9BrClNS/c12-6-10-7-14-11(15-10)5-8-2-1-3-9(13)4-8/h1-4,7H,5-6H2. The number of alkyl halides is 1. The van der Waals surface area contributed by atoms with Crippen molar-refractivity contribution in [3.8, 4) is 0 Å². The molecule has 1 heterocycles. The summed E-state index contributed by atoms with van der Waals surface area (Å²) in [6.45, 7) is 0. The zero-order chi connectivity index (χ0) is 10.7. The molecule has 0 fully saturated rings. The van der Waals surface area contributed by atoms with Crippen LogP contribution >= 0.6 is 38.9 Å². The van der Waals surface area contributed by atoms with Crippen molar-refractivity contribution in [3.63, 3.8) is 0 Å². The van der Waals surface area contributed by atoms with Gasteiger partial charge in [0, 0.05) is 27.8 Å². The molecule has 0 aliphatic carbocycles. The Balaban J connectivity index is 2.14. The first-order chi connectivity index (χ1) is 7.28. The van der Waals surface area contributed by atoms with E-state index in [2.05, 4.69) is 27.0 Å². The fourth-order valence-corrected chi connectivity index (χ4v) is 2.82. The van der Waals surface area contributed by atoms with E-state index in [1.807, 2.05) is 24.4 Å². The lowest BCUT2D eigenvalue weighted by atomic mass is 10.2. The van der Waals surface area contributed by atoms with Gasteiger partial charge < -0.3 is 0 Å². The first kappa shape index (κ1) is 11.1. The van der Waals surface area contributed by atoms with Crippen LogP contribution in [-0.4, -0.2) is 4.98 Å². The number of benzene rings is 1. The van der Waals surface area contributed by atoms with E-state index in [0.717, 1.165) is 21.8 Å². The van der Waals surface area contributed by atoms with E-state index in [0.29, 0.717) is 0 Å². The largest absolute Gasteiger partial charge is 0.249 e. The SMILES string of the molecule is Clc1cccc(Cc2ncc(CBr)s2)c1. The maximum Gasteiger partial charge on any atom is 0.0971 e. The van der Waals surface area contributed by atoms with Crippen LogP contribution < -0.4 is 0 Å². The number of hydrogen-bond acceptors (Lipinski definition) is 2. The zero-order valence-corrected chi connectivity index (χ0v) is 11.1. The lowest BCUT2D eigenvalue weighted by Crippen LogP contribution is -1.85. The van der Waals surface area contributed by atoms with Crippen LogP contribution in [0.25, 0.3) is 0 Å². The van der Waals surface area contributed by atoms with E-state index in [1.54, 1.807) is 11.3 Å². The van der Waals surface area contributed by atoms with Crippen LogP contribution in [0.5, 0.6) is 0 Å². The molecule has 0 N–H and O–H groups in total. The Morgan fingerprint density at radius 3 is 2.93 bits per heavy atom. The summed E-state index contributed by atoms with van der Waals surface area (Å²) in [5.74, 6) is 0. The zero-order valence-electron chi connectivity index (χ0n) is 7.91. The van der Waals surface area contributed by atoms with Crippen LogP contribution in [0.15, 0.2) is 30.5 Å². The van der Waals surface area contributed by atoms with Crippen molar-refractivity contribution >= 4 is 38.9 Å². The molecule has 0 spiro atoms. The highest BCUT2D eigenvalue weighted by atomic mass is 79.9. The molecule has 0 saturated carbocycles. The van der Waals surface area contributed by atoms with Crippen LogP contribution in [0.2, 0.25) is 5.02 Å². The highest BCUT2D eigenvalue weighted by Gasteiger charge is 2.02. The molecule has 0 saturated heterocycles. The molecule has 0 radical (unpaired) electrons. The van der Waals surface area contributed by atoms with Crippen molar-refractivity contribution in [2.45, 2.75) is 11.8 Å². The van der Waals surface area contributed by atoms with E-state index in [1.165, 1.54) is 10.4 Å². The number of thiazole rings is 1. The van der Waals surface area contributed by atoms with E-state index in [4.69, 9.17) is 11.6 Å². The molecule has 2 rings (SSSR count). The Labute approximate surface area is 106 Å². The van der Waals surface area contributed by atoms with E-state index in [9.17, 15) is 0 Å². The molecular weight excluding hydrogens is 294 g/mol. The Kier molecular flexibility index (Phi) is 3.78. The normalized spacial score (nSPS) is 10.5. The average Bonchev–Trinajstić information content (AvgIpc) is 2.65. The highest BCUT2D eigenvalue weighted by Crippen LogP contribution is 2.20. The van der Waals surface area contributed by atoms with Crippen molar-refractivity contribution in [1.82, 2.24) is 4.98 Å². The van der Waals surface area contributed by atoms with E-state index < -0.39 is 0 Å². The van der Waals surface area contributed by atoms with Gasteiger partial charge in [-0.25, -0.2) is 4.98 Å². The minimum absolute atomic E-state index is 0.782. The highest BCUT2D eigenvalue weighted by molar-refractivity contribution is 9.08. The van der Waals surface area contributed by atoms with Gasteiger partial charge in [-0.1, -0.05) is 39.7 Å². The summed E-state index contributed by atoms with van der Waals surface area (Å²) in [6, 6.07) is 7.91. The molecule has 2 aromatic rings. The van der Waals surface area contributed by atoms with Crippen molar-refractivity contribution in [1.29, 1.82) is 0 Å². The van der Waals surface area contributed by atoms with Crippen molar-refractivity contribution < 1.29 is 0 Å². The summed E-state index contributed by atoms with van der Waals surface area (Å²) in [5, 5.41) is 2.79. The van der Waals surface area contributed by atoms with Gasteiger partial charge in [0.1, 0.15) is 0 Å². The average molecular weight is 303 g/mol. The Morgan fingerprint density at radius 2 is 2.27 bits per heavy atom. The third-order valence-corrected chi connectivity index (χ3v) is 4.19. The first-order valence-electron chi connectivity index (χ1n) is 4.52. The number of rotatable bonds is 3. The summed E-state index contributed by atoms with van der Waals surface area (Å²) in [4.78, 5) is 5.61. The van der Waals surface area contributed by atoms with Gasteiger partial charge in [0.2, 0.25) is 0 Å². The summed E-state index contributed by atoms with van der Waals surface area (Å²) in [7, 11) is 0. The summed E-state index contributed by atoms with van der Waals surface area (Å²) in [6.07, 6.45) is 2.78. The van der Waals surface area contributed by atoms with Gasteiger partial charge >= 0.3 is 0 Å². The van der Waals surface area contributed by atoms with Gasteiger partial charge in [0.25, 0.3) is 0 Å². The van der Waals surface area contributed by atoms with Crippen LogP contribution in [0, 0.1) is 0 Å². The molecule has 0 unspecified atom stereocenters. The molecule has 1 nitrogen and oxygen atoms in total. The second kappa shape index (κ2) is 5.10. The third kappa shape index (κ3) is 3.03. The second-order valence-electron chi connectivity index (χ2n) is 3.16. The van der Waals surface area contributed by atoms with Gasteiger partial charge in [0.05, 0.1) is 5.01 Å². The quantitative estimate of drug-likeness (QED) is 0.771. The molecular formula is C11H9BrClNS. The summed E-state index contributed by atoms with van der Waals surface area (Å²) < 4.78 is 0. The van der Waals surface area contributed by atoms with Crippen molar-refractivity contribution in [3.05, 3.63) is 50.9 Å². The molecule has 0 bridgehead atoms. The van der Waals surface area contributed by atoms with E-state index in [-0.39, 0.29) is 0 Å². The van der Waals surface area contributed by atoms with Crippen molar-refractivity contribution in [2.24, 2.45) is 0 Å². The number of nitrogens with zero attached hydrogens (tertiary/aromatic N) is 1. The van der Waals surface area contributed by atoms with Gasteiger partial charge in [0.15, 0.2) is 0 Å². The number of hydrogen-bond donors (Lipinski definition) is 0. The molecule has 78 valence electrons. The minimum Gasteiger partial charge on any atom is -0.249 e. The lowest BCUT2D eigenvalue weighted by molar-refractivity contribution is 1.14. The fraction of sp³-hybridized carbons (Fsp3) is 0.182. The molecule has 15 heavy (non-hydrogen) atoms. The number of halogens is 2. The Morgan fingerprint density at radius 1 is 1.40 bits per heavy atom. The first-order valence-corrected chi connectivity index (χ1v) is 6.83. The topological polar surface area (TPSA) is 12.9 Å². The molecule has 0 amide bonds. The van der Waals surface area contributed by atoms with E-state index >= 15 is 0 Å². The minimum atomic E-state index is 0.782. The molecule has 0 aliphatic rings. The van der Waals surface area contributed by atoms with Crippen LogP contribution in [-0.2, 0) is 11.8 Å². The molecule has 4 heteroatoms. The van der Waals surface area contributed by atoms with Crippen LogP contribution in [0.1, 0.15) is 15.4 Å². The molecule has 1 aromatic carbocycles. The Hall–Kier alpha value is -0.380. The summed E-state index contributed by atoms with van der Waals surface area (Å²) >= 11 is 11.1. The van der Waals surface area contributed by atoms with Crippen LogP contribution in [0.3, 0.4) is 0 Å². The third-order valence-electron chi connectivity index (χ3n) is 1.98. The van der Waals surface area contributed by atoms with Gasteiger partial charge in [-0.15, -0.1) is 11.3 Å². The van der Waals surface area contributed by atoms with Crippen LogP contribution in [0.4, 0.5) is 0 Å². The maximum absolute atomic E-state index is 5.92. The molecule has 0 atom stereocenters. The van der Waals surface area contributed by atoms with Gasteiger partial charge in [-0.05, 0) is 17.7 Å². The lowest BCUT2D eigenvalue weighted by Gasteiger charge is -1.97. The Bertz CT molecular complexity index is 455. The predicted octanol–water partition coefficient (Wildman–Crippen LogP) is 4.28. The van der Waals surface area contributed by atoms with Gasteiger partial charge in [-0.2, -0.15) is 0 Å². The van der Waals surface area contributed by atoms with Gasteiger partial charge in [-0.3, -0.25) is 0 Å². The second-order valence-corrected chi connectivity index (χ2v) is 5.36. The van der Waals surface area contributed by atoms with Crippen molar-refractivity contribution in [2.75, 3.05) is 0 Å². The summed E-state index contributed by atoms with van der Waals surface area (Å²) in [5.41, 5.74) is 1.21.